The van der Waals surface area contributed by atoms with Crippen LogP contribution in [0.5, 0.6) is 5.75 Å². The summed E-state index contributed by atoms with van der Waals surface area (Å²) in [6, 6.07) is 7.83. The molecule has 2 heterocycles. The lowest BCUT2D eigenvalue weighted by atomic mass is 9.71. The highest BCUT2D eigenvalue weighted by molar-refractivity contribution is 7.77. The highest BCUT2D eigenvalue weighted by atomic mass is 32.1. The molecule has 5 unspecified atom stereocenters. The van der Waals surface area contributed by atoms with Crippen molar-refractivity contribution in [2.75, 3.05) is 19.8 Å². The topological polar surface area (TPSA) is 176 Å². The van der Waals surface area contributed by atoms with Gasteiger partial charge < -0.3 is 33.3 Å². The van der Waals surface area contributed by atoms with Gasteiger partial charge in [0.25, 0.3) is 0 Å². The van der Waals surface area contributed by atoms with E-state index in [0.29, 0.717) is 44.7 Å². The van der Waals surface area contributed by atoms with Crippen molar-refractivity contribution >= 4 is 36.7 Å². The molecule has 0 bridgehead atoms. The summed E-state index contributed by atoms with van der Waals surface area (Å²) in [5.41, 5.74) is 1.61. The van der Waals surface area contributed by atoms with Crippen LogP contribution < -0.4 is 9.62 Å². The van der Waals surface area contributed by atoms with Crippen LogP contribution in [-0.2, 0) is 54.2 Å². The molecule has 1 aromatic heterocycles. The Hall–Kier alpha value is -3.73. The van der Waals surface area contributed by atoms with Crippen LogP contribution in [0.1, 0.15) is 106 Å². The monoisotopic (exact) mass is 832 g/mol. The average molecular weight is 833 g/mol. The minimum Gasteiger partial charge on any atom is -0.494 e. The number of nitrogens with one attached hydrogen (secondary N) is 1. The number of hydrogen-bond acceptors (Lipinski definition) is 15. The van der Waals surface area contributed by atoms with Gasteiger partial charge in [-0.3, -0.25) is 23.9 Å². The molecule has 15 nitrogen and oxygen atoms in total. The van der Waals surface area contributed by atoms with Crippen LogP contribution in [-0.4, -0.2) is 89.2 Å². The molecule has 1 aromatic carbocycles. The number of aromatic nitrogens is 3. The minimum absolute atomic E-state index is 0.0155. The van der Waals surface area contributed by atoms with Crippen LogP contribution in [0.2, 0.25) is 0 Å². The van der Waals surface area contributed by atoms with E-state index in [1.165, 1.54) is 20.8 Å². The van der Waals surface area contributed by atoms with Gasteiger partial charge in [-0.05, 0) is 62.0 Å². The summed E-state index contributed by atoms with van der Waals surface area (Å²) in [6.07, 6.45) is 7.71. The third-order valence-electron chi connectivity index (χ3n) is 11.6. The maximum atomic E-state index is 12.1. The fourth-order valence-electron chi connectivity index (χ4n) is 8.15. The molecule has 1 N–H and O–H groups in total. The highest BCUT2D eigenvalue weighted by Crippen LogP contribution is 2.39. The van der Waals surface area contributed by atoms with Gasteiger partial charge in [-0.25, -0.2) is 0 Å². The van der Waals surface area contributed by atoms with E-state index in [1.54, 1.807) is 0 Å². The quantitative estimate of drug-likeness (QED) is 0.0434. The zero-order chi connectivity index (χ0) is 42.2. The van der Waals surface area contributed by atoms with Gasteiger partial charge in [-0.2, -0.15) is 0 Å². The molecule has 0 amide bonds. The largest absolute Gasteiger partial charge is 0.494 e. The molecule has 1 aliphatic heterocycles. The number of rotatable bonds is 22. The van der Waals surface area contributed by atoms with Gasteiger partial charge in [0.05, 0.1) is 25.0 Å². The molecule has 1 saturated heterocycles. The van der Waals surface area contributed by atoms with Crippen LogP contribution >= 0.6 is 12.8 Å². The Bertz CT molecular complexity index is 1610. The van der Waals surface area contributed by atoms with Gasteiger partial charge in [-0.15, -0.1) is 5.10 Å². The first kappa shape index (κ1) is 47.0. The first-order chi connectivity index (χ1) is 27.8. The van der Waals surface area contributed by atoms with E-state index in [-0.39, 0.29) is 78.8 Å². The number of ether oxygens (including phenoxy) is 6. The SMILES string of the molecule is CC(=O)OCC1OC(CCCCCCOc2cccc(-c3cn(CC4C[C@H](OCCCCC(=O)ONS)C(C)[C@@H](C)[C@H]4OC(C)=O)nn3)c2)C(C)[C@@H](C)[C@H]1OC(C)=O. The van der Waals surface area contributed by atoms with E-state index in [4.69, 9.17) is 28.4 Å². The molecular formula is C42H64N4O11S. The molecule has 2 aromatic rings. The number of hydrogen-bond donors (Lipinski definition) is 2. The van der Waals surface area contributed by atoms with Crippen LogP contribution in [0.4, 0.5) is 0 Å². The molecule has 2 aliphatic rings. The van der Waals surface area contributed by atoms with Gasteiger partial charge in [0.1, 0.15) is 36.4 Å². The van der Waals surface area contributed by atoms with E-state index in [0.717, 1.165) is 43.4 Å². The summed E-state index contributed by atoms with van der Waals surface area (Å²) in [5.74, 6) is -0.240. The number of thiol groups is 1. The number of esters is 3. The van der Waals surface area contributed by atoms with Gasteiger partial charge in [-0.1, -0.05) is 82.0 Å². The molecule has 10 atom stereocenters. The first-order valence-electron chi connectivity index (χ1n) is 20.7. The second kappa shape index (κ2) is 23.8. The Morgan fingerprint density at radius 2 is 1.55 bits per heavy atom. The van der Waals surface area contributed by atoms with Crippen molar-refractivity contribution in [1.82, 2.24) is 19.9 Å². The predicted molar refractivity (Wildman–Crippen MR) is 217 cm³/mol. The van der Waals surface area contributed by atoms with Crippen molar-refractivity contribution in [2.45, 2.75) is 143 Å². The number of unbranched alkanes of at least 4 members (excludes halogenated alkanes) is 4. The molecule has 16 heteroatoms. The fraction of sp³-hybridized carbons (Fsp3) is 0.714. The first-order valence-corrected chi connectivity index (χ1v) is 21.2. The van der Waals surface area contributed by atoms with Crippen LogP contribution in [0.15, 0.2) is 30.5 Å². The van der Waals surface area contributed by atoms with Crippen LogP contribution in [0.3, 0.4) is 0 Å². The average Bonchev–Trinajstić information content (AvgIpc) is 3.65. The molecule has 324 valence electrons. The minimum atomic E-state index is -0.486. The Labute approximate surface area is 348 Å². The molecule has 1 aliphatic carbocycles. The van der Waals surface area contributed by atoms with E-state index < -0.39 is 18.2 Å². The molecule has 0 radical (unpaired) electrons. The van der Waals surface area contributed by atoms with Crippen molar-refractivity contribution in [3.63, 3.8) is 0 Å². The Balaban J connectivity index is 1.24. The molecule has 0 spiro atoms. The van der Waals surface area contributed by atoms with Gasteiger partial charge in [0.2, 0.25) is 0 Å². The molecular weight excluding hydrogens is 769 g/mol. The summed E-state index contributed by atoms with van der Waals surface area (Å²) >= 11 is 3.68. The second-order valence-electron chi connectivity index (χ2n) is 15.9. The lowest BCUT2D eigenvalue weighted by Crippen LogP contribution is -2.52. The third-order valence-corrected chi connectivity index (χ3v) is 11.7. The van der Waals surface area contributed by atoms with Crippen molar-refractivity contribution in [1.29, 1.82) is 0 Å². The normalized spacial score (nSPS) is 27.0. The Kier molecular flexibility index (Phi) is 19.2. The summed E-state index contributed by atoms with van der Waals surface area (Å²) < 4.78 is 37.3. The lowest BCUT2D eigenvalue weighted by molar-refractivity contribution is -0.206. The van der Waals surface area contributed by atoms with E-state index in [1.807, 2.05) is 35.1 Å². The van der Waals surface area contributed by atoms with Crippen molar-refractivity contribution in [2.24, 2.45) is 29.6 Å². The lowest BCUT2D eigenvalue weighted by Gasteiger charge is -2.44. The van der Waals surface area contributed by atoms with Crippen LogP contribution in [0.25, 0.3) is 11.3 Å². The standard InChI is InChI=1S/C42H64N4O11S/c1-26-29(4)42(55-32(7)49)39(25-53-30(5)47)56-37(26)17-10-8-9-12-19-51-35-16-14-15-33(21-35)36-24-46(44-43-36)23-34-22-38(27(2)28(3)41(34)54-31(6)48)52-20-13-11-18-40(50)57-45-58/h14-16,21,24,26-29,34,37-39,41-42,45,58H,8-13,17-20,22-23,25H2,1-7H3/t26?,27?,28-,29-,34?,37?,38+,39?,41-,42-/m1/s1. The zero-order valence-corrected chi connectivity index (χ0v) is 36.0. The summed E-state index contributed by atoms with van der Waals surface area (Å²) in [6.45, 7) is 14.3. The number of nitrogens with zero attached hydrogens (tertiary/aromatic N) is 3. The molecule has 1 saturated carbocycles. The van der Waals surface area contributed by atoms with E-state index >= 15 is 0 Å². The smallest absolute Gasteiger partial charge is 0.325 e. The maximum absolute atomic E-state index is 12.1. The second-order valence-corrected chi connectivity index (χ2v) is 16.1. The van der Waals surface area contributed by atoms with E-state index in [2.05, 4.69) is 60.5 Å². The number of carbonyl (C=O) groups is 4. The van der Waals surface area contributed by atoms with Gasteiger partial charge >= 0.3 is 23.9 Å². The molecule has 58 heavy (non-hydrogen) atoms. The summed E-state index contributed by atoms with van der Waals surface area (Å²) in [5, 5.41) is 8.91. The summed E-state index contributed by atoms with van der Waals surface area (Å²) in [7, 11) is 0. The molecule has 2 fully saturated rings. The molecule has 4 rings (SSSR count). The Morgan fingerprint density at radius 1 is 0.845 bits per heavy atom. The van der Waals surface area contributed by atoms with Crippen LogP contribution in [0, 0.1) is 29.6 Å². The zero-order valence-electron chi connectivity index (χ0n) is 35.1. The van der Waals surface area contributed by atoms with Gasteiger partial charge in [0, 0.05) is 57.7 Å². The van der Waals surface area contributed by atoms with Crippen molar-refractivity contribution < 1.29 is 52.4 Å². The highest BCUT2D eigenvalue weighted by Gasteiger charge is 2.44. The predicted octanol–water partition coefficient (Wildman–Crippen LogP) is 6.48. The number of benzene rings is 1. The third kappa shape index (κ3) is 14.5. The number of carbonyl (C=O) groups excluding carboxylic acids is 4. The van der Waals surface area contributed by atoms with E-state index in [9.17, 15) is 19.2 Å². The van der Waals surface area contributed by atoms with Gasteiger partial charge in [0.15, 0.2) is 0 Å². The maximum Gasteiger partial charge on any atom is 0.325 e. The van der Waals surface area contributed by atoms with Crippen molar-refractivity contribution in [3.05, 3.63) is 30.5 Å². The van der Waals surface area contributed by atoms with Crippen molar-refractivity contribution in [3.8, 4) is 17.0 Å². The summed E-state index contributed by atoms with van der Waals surface area (Å²) in [4.78, 5) is 53.7. The Morgan fingerprint density at radius 3 is 2.28 bits per heavy atom. The fourth-order valence-corrected chi connectivity index (χ4v) is 8.26.